The quantitative estimate of drug-likeness (QED) is 0.422. The molecule has 33 heavy (non-hydrogen) atoms. The molecule has 1 saturated carbocycles. The first-order chi connectivity index (χ1) is 15.8. The number of nitro groups is 1. The van der Waals surface area contributed by atoms with Crippen LogP contribution < -0.4 is 15.5 Å². The summed E-state index contributed by atoms with van der Waals surface area (Å²) >= 11 is 0. The van der Waals surface area contributed by atoms with E-state index in [-0.39, 0.29) is 29.2 Å². The van der Waals surface area contributed by atoms with E-state index >= 15 is 0 Å². The second-order valence-corrected chi connectivity index (χ2v) is 8.39. The number of non-ortho nitro benzene ring substituents is 1. The summed E-state index contributed by atoms with van der Waals surface area (Å²) in [6.45, 7) is 0. The Labute approximate surface area is 190 Å². The topological polar surface area (TPSA) is 113 Å². The lowest BCUT2D eigenvalue weighted by Gasteiger charge is -2.28. The fourth-order valence-corrected chi connectivity index (χ4v) is 4.10. The number of para-hydroxylation sites is 1. The van der Waals surface area contributed by atoms with Gasteiger partial charge in [-0.05, 0) is 43.9 Å². The second-order valence-electron chi connectivity index (χ2n) is 8.39. The first-order valence-electron chi connectivity index (χ1n) is 10.8. The highest BCUT2D eigenvalue weighted by Crippen LogP contribution is 2.30. The Morgan fingerprint density at radius 3 is 2.52 bits per heavy atom. The van der Waals surface area contributed by atoms with E-state index in [1.807, 2.05) is 43.3 Å². The molecule has 0 bridgehead atoms. The van der Waals surface area contributed by atoms with E-state index < -0.39 is 10.7 Å². The Bertz CT molecular complexity index is 1190. The Kier molecular flexibility index (Phi) is 6.34. The summed E-state index contributed by atoms with van der Waals surface area (Å²) in [5.41, 5.74) is 0.453. The number of nitro benzene ring substituents is 1. The van der Waals surface area contributed by atoms with Gasteiger partial charge < -0.3 is 15.5 Å². The number of rotatable bonds is 6. The van der Waals surface area contributed by atoms with Gasteiger partial charge in [-0.15, -0.1) is 0 Å². The predicted molar refractivity (Wildman–Crippen MR) is 125 cm³/mol. The van der Waals surface area contributed by atoms with Gasteiger partial charge >= 0.3 is 0 Å². The van der Waals surface area contributed by atoms with Crippen LogP contribution in [-0.2, 0) is 4.79 Å². The molecule has 9 nitrogen and oxygen atoms in total. The van der Waals surface area contributed by atoms with Crippen LogP contribution in [0.5, 0.6) is 0 Å². The molecule has 3 aromatic rings. The number of hydrogen-bond acceptors (Lipinski definition) is 7. The molecular weight excluding hydrogens is 427 g/mol. The third kappa shape index (κ3) is 5.00. The minimum absolute atomic E-state index is 0.0494. The van der Waals surface area contributed by atoms with Crippen LogP contribution in [0.2, 0.25) is 0 Å². The third-order valence-electron chi connectivity index (χ3n) is 5.86. The fraction of sp³-hybridized carbons (Fsp3) is 0.348. The van der Waals surface area contributed by atoms with E-state index in [0.29, 0.717) is 18.8 Å². The molecule has 1 amide bonds. The molecule has 2 aromatic carbocycles. The molecule has 0 spiro atoms. The van der Waals surface area contributed by atoms with Crippen molar-refractivity contribution in [3.05, 3.63) is 58.4 Å². The summed E-state index contributed by atoms with van der Waals surface area (Å²) in [6.07, 6.45) is 2.75. The summed E-state index contributed by atoms with van der Waals surface area (Å²) in [6, 6.07) is 11.2. The Morgan fingerprint density at radius 2 is 1.85 bits per heavy atom. The van der Waals surface area contributed by atoms with Crippen LogP contribution in [-0.4, -0.2) is 40.9 Å². The zero-order chi connectivity index (χ0) is 23.5. The fourth-order valence-electron chi connectivity index (χ4n) is 4.10. The van der Waals surface area contributed by atoms with Gasteiger partial charge in [0.15, 0.2) is 5.82 Å². The summed E-state index contributed by atoms with van der Waals surface area (Å²) in [5, 5.41) is 17.7. The minimum Gasteiger partial charge on any atom is -0.362 e. The van der Waals surface area contributed by atoms with Crippen molar-refractivity contribution in [2.75, 3.05) is 29.6 Å². The van der Waals surface area contributed by atoms with E-state index in [1.54, 1.807) is 0 Å². The molecule has 1 fully saturated rings. The molecule has 0 atom stereocenters. The van der Waals surface area contributed by atoms with Crippen LogP contribution in [0.3, 0.4) is 0 Å². The van der Waals surface area contributed by atoms with Crippen molar-refractivity contribution < 1.29 is 14.1 Å². The monoisotopic (exact) mass is 452 g/mol. The van der Waals surface area contributed by atoms with Gasteiger partial charge in [0.25, 0.3) is 5.69 Å². The number of halogens is 1. The van der Waals surface area contributed by atoms with Gasteiger partial charge in [-0.3, -0.25) is 14.9 Å². The summed E-state index contributed by atoms with van der Waals surface area (Å²) in [4.78, 5) is 33.9. The van der Waals surface area contributed by atoms with Gasteiger partial charge in [0, 0.05) is 37.5 Å². The molecule has 0 radical (unpaired) electrons. The smallest absolute Gasteiger partial charge is 0.272 e. The standard InChI is InChI=1S/C23H25FN6O3/c1-29(2)21-17-5-3-4-6-19(17)27-23(28-21)25-15-9-7-14(8-10-15)22(31)26-20-12-11-16(30(32)33)13-18(20)24/h3-6,11-15H,7-10H2,1-2H3,(H,26,31)(H,25,27,28)/t14-,15+. The molecule has 10 heteroatoms. The van der Waals surface area contributed by atoms with Crippen LogP contribution in [0.25, 0.3) is 10.9 Å². The number of nitrogens with one attached hydrogen (secondary N) is 2. The second kappa shape index (κ2) is 9.35. The lowest BCUT2D eigenvalue weighted by atomic mass is 9.85. The van der Waals surface area contributed by atoms with Crippen LogP contribution in [0.1, 0.15) is 25.7 Å². The van der Waals surface area contributed by atoms with Crippen molar-refractivity contribution >= 4 is 40.0 Å². The molecule has 172 valence electrons. The molecule has 2 N–H and O–H groups in total. The maximum absolute atomic E-state index is 14.1. The van der Waals surface area contributed by atoms with Crippen molar-refractivity contribution in [3.63, 3.8) is 0 Å². The van der Waals surface area contributed by atoms with Crippen molar-refractivity contribution in [2.24, 2.45) is 5.92 Å². The number of aromatic nitrogens is 2. The number of fused-ring (bicyclic) bond motifs is 1. The number of nitrogens with zero attached hydrogens (tertiary/aromatic N) is 4. The van der Waals surface area contributed by atoms with Crippen LogP contribution in [0, 0.1) is 21.8 Å². The lowest BCUT2D eigenvalue weighted by Crippen LogP contribution is -2.32. The van der Waals surface area contributed by atoms with Crippen LogP contribution in [0.4, 0.5) is 27.5 Å². The molecule has 4 rings (SSSR count). The minimum atomic E-state index is -0.821. The maximum atomic E-state index is 14.1. The number of benzene rings is 2. The molecule has 0 aliphatic heterocycles. The normalized spacial score (nSPS) is 18.0. The van der Waals surface area contributed by atoms with Gasteiger partial charge in [-0.1, -0.05) is 12.1 Å². The van der Waals surface area contributed by atoms with Crippen molar-refractivity contribution in [1.29, 1.82) is 0 Å². The number of carbonyl (C=O) groups is 1. The number of hydrogen-bond donors (Lipinski definition) is 2. The first-order valence-corrected chi connectivity index (χ1v) is 10.8. The summed E-state index contributed by atoms with van der Waals surface area (Å²) in [5.74, 6) is 0.0307. The maximum Gasteiger partial charge on any atom is 0.272 e. The lowest BCUT2D eigenvalue weighted by molar-refractivity contribution is -0.385. The van der Waals surface area contributed by atoms with Gasteiger partial charge in [0.05, 0.1) is 22.2 Å². The Balaban J connectivity index is 1.37. The molecule has 1 aliphatic carbocycles. The first kappa shape index (κ1) is 22.4. The van der Waals surface area contributed by atoms with Crippen molar-refractivity contribution in [3.8, 4) is 0 Å². The van der Waals surface area contributed by atoms with E-state index in [1.165, 1.54) is 12.1 Å². The highest BCUT2D eigenvalue weighted by Gasteiger charge is 2.27. The summed E-state index contributed by atoms with van der Waals surface area (Å²) < 4.78 is 14.1. The number of anilines is 3. The predicted octanol–water partition coefficient (Wildman–Crippen LogP) is 4.35. The third-order valence-corrected chi connectivity index (χ3v) is 5.86. The zero-order valence-corrected chi connectivity index (χ0v) is 18.4. The average molecular weight is 452 g/mol. The van der Waals surface area contributed by atoms with Crippen LogP contribution in [0.15, 0.2) is 42.5 Å². The van der Waals surface area contributed by atoms with Crippen molar-refractivity contribution in [2.45, 2.75) is 31.7 Å². The van der Waals surface area contributed by atoms with Gasteiger partial charge in [-0.2, -0.15) is 4.98 Å². The Hall–Kier alpha value is -3.82. The Morgan fingerprint density at radius 1 is 1.12 bits per heavy atom. The largest absolute Gasteiger partial charge is 0.362 e. The molecule has 1 heterocycles. The molecule has 1 aromatic heterocycles. The van der Waals surface area contributed by atoms with Crippen molar-refractivity contribution in [1.82, 2.24) is 9.97 Å². The molecule has 0 unspecified atom stereocenters. The molecular formula is C23H25FN6O3. The van der Waals surface area contributed by atoms with Crippen LogP contribution >= 0.6 is 0 Å². The summed E-state index contributed by atoms with van der Waals surface area (Å²) in [7, 11) is 3.88. The SMILES string of the molecule is CN(C)c1nc(N[C@H]2CC[C@@H](C(=O)Nc3ccc([N+](=O)[O-])cc3F)CC2)nc2ccccc12. The van der Waals surface area contributed by atoms with Gasteiger partial charge in [-0.25, -0.2) is 9.37 Å². The number of carbonyl (C=O) groups excluding carboxylic acids is 1. The van der Waals surface area contributed by atoms with E-state index in [9.17, 15) is 19.3 Å². The van der Waals surface area contributed by atoms with E-state index in [0.717, 1.165) is 35.6 Å². The highest BCUT2D eigenvalue weighted by molar-refractivity contribution is 5.93. The molecule has 0 saturated heterocycles. The van der Waals surface area contributed by atoms with E-state index in [2.05, 4.69) is 20.6 Å². The number of amides is 1. The van der Waals surface area contributed by atoms with Gasteiger partial charge in [0.2, 0.25) is 11.9 Å². The zero-order valence-electron chi connectivity index (χ0n) is 18.4. The average Bonchev–Trinajstić information content (AvgIpc) is 2.80. The molecule has 1 aliphatic rings. The van der Waals surface area contributed by atoms with Gasteiger partial charge in [0.1, 0.15) is 5.82 Å². The van der Waals surface area contributed by atoms with E-state index in [4.69, 9.17) is 0 Å². The highest BCUT2D eigenvalue weighted by atomic mass is 19.1.